The lowest BCUT2D eigenvalue weighted by atomic mass is 9.98. The van der Waals surface area contributed by atoms with Crippen molar-refractivity contribution in [3.63, 3.8) is 0 Å². The molecule has 14 nitrogen and oxygen atoms in total. The molecule has 14 heteroatoms. The Bertz CT molecular complexity index is 1920. The molecule has 5 heterocycles. The van der Waals surface area contributed by atoms with Crippen LogP contribution in [-0.2, 0) is 15.9 Å². The lowest BCUT2D eigenvalue weighted by Gasteiger charge is -2.19. The Morgan fingerprint density at radius 3 is 1.87 bits per heavy atom. The molecular weight excluding hydrogens is 656 g/mol. The maximum absolute atomic E-state index is 7.32. The van der Waals surface area contributed by atoms with Gasteiger partial charge in [0.15, 0.2) is 6.29 Å². The van der Waals surface area contributed by atoms with Gasteiger partial charge in [-0.15, -0.1) is 0 Å². The van der Waals surface area contributed by atoms with Crippen molar-refractivity contribution < 1.29 is 9.47 Å². The molecule has 3 N–H and O–H groups in total. The van der Waals surface area contributed by atoms with Gasteiger partial charge in [-0.3, -0.25) is 9.36 Å². The maximum Gasteiger partial charge on any atom is 0.237 e. The van der Waals surface area contributed by atoms with Gasteiger partial charge in [0.05, 0.1) is 23.8 Å². The zero-order valence-electron chi connectivity index (χ0n) is 28.6. The van der Waals surface area contributed by atoms with Crippen LogP contribution in [0.25, 0.3) is 43.2 Å². The Balaban J connectivity index is 0.000000226. The topological polar surface area (TPSA) is 156 Å². The average molecular weight is 709 g/mol. The standard InChI is InChI=1S/C19H26N6O2.C17H18N6.2CH4/c1-21-10-16(13-6-4-5-7-13)25-11-14(9-24-25)18-15(8-17(26-2)27-3)19(20)23-12-22-18;1-18-9-15(12-4-2-3-5-12)23-10-13(8-22-23)16-14-6-7-19-17(14)21-11-20-16;;/h9,11-13,16-17H,4-8,10H2,2-3H3,(H2,20,22,23);6-8,10-12,15H,2-5,9H2,(H,19,20,21);2*1H4/t16-;15-;;/m11../s1. The van der Waals surface area contributed by atoms with E-state index >= 15 is 0 Å². The monoisotopic (exact) mass is 708 g/mol. The minimum atomic E-state index is -0.430. The van der Waals surface area contributed by atoms with Gasteiger partial charge in [0.25, 0.3) is 0 Å². The molecular formula is C38H52N12O2. The number of aromatic nitrogens is 9. The summed E-state index contributed by atoms with van der Waals surface area (Å²) < 4.78 is 14.5. The number of H-pyrrole nitrogens is 1. The Morgan fingerprint density at radius 1 is 0.808 bits per heavy atom. The summed E-state index contributed by atoms with van der Waals surface area (Å²) in [6.45, 7) is 15.5. The number of hydrogen-bond acceptors (Lipinski definition) is 9. The molecule has 52 heavy (non-hydrogen) atoms. The van der Waals surface area contributed by atoms with E-state index < -0.39 is 6.29 Å². The molecule has 0 spiro atoms. The molecule has 0 radical (unpaired) electrons. The molecule has 5 aromatic rings. The van der Waals surface area contributed by atoms with Crippen molar-refractivity contribution in [1.82, 2.24) is 44.5 Å². The number of anilines is 1. The Kier molecular flexibility index (Phi) is 14.4. The summed E-state index contributed by atoms with van der Waals surface area (Å²) in [6, 6.07) is 2.26. The molecule has 0 unspecified atom stereocenters. The number of ether oxygens (including phenoxy) is 2. The smallest absolute Gasteiger partial charge is 0.237 e. The Morgan fingerprint density at radius 2 is 1.33 bits per heavy atom. The van der Waals surface area contributed by atoms with Crippen LogP contribution in [0.2, 0.25) is 0 Å². The van der Waals surface area contributed by atoms with Crippen LogP contribution in [0, 0.1) is 25.0 Å². The molecule has 2 saturated carbocycles. The lowest BCUT2D eigenvalue weighted by molar-refractivity contribution is -0.100. The van der Waals surface area contributed by atoms with E-state index in [1.165, 1.54) is 44.9 Å². The van der Waals surface area contributed by atoms with Gasteiger partial charge in [-0.1, -0.05) is 40.5 Å². The average Bonchev–Trinajstić information content (AvgIpc) is 3.99. The maximum atomic E-state index is 7.32. The third kappa shape index (κ3) is 8.81. The summed E-state index contributed by atoms with van der Waals surface area (Å²) in [7, 11) is 3.17. The zero-order chi connectivity index (χ0) is 34.9. The van der Waals surface area contributed by atoms with Gasteiger partial charge in [0, 0.05) is 61.3 Å². The highest BCUT2D eigenvalue weighted by Gasteiger charge is 2.31. The second kappa shape index (κ2) is 18.9. The molecule has 0 bridgehead atoms. The van der Waals surface area contributed by atoms with Crippen molar-refractivity contribution in [3.05, 3.63) is 78.1 Å². The third-order valence-electron chi connectivity index (χ3n) is 10.1. The van der Waals surface area contributed by atoms with Crippen molar-refractivity contribution in [2.45, 2.75) is 91.0 Å². The summed E-state index contributed by atoms with van der Waals surface area (Å²) in [6.07, 6.45) is 22.2. The van der Waals surface area contributed by atoms with E-state index in [9.17, 15) is 0 Å². The van der Waals surface area contributed by atoms with Crippen molar-refractivity contribution in [3.8, 4) is 22.5 Å². The fourth-order valence-electron chi connectivity index (χ4n) is 7.46. The van der Waals surface area contributed by atoms with Crippen molar-refractivity contribution in [1.29, 1.82) is 0 Å². The summed E-state index contributed by atoms with van der Waals surface area (Å²) >= 11 is 0. The first-order valence-electron chi connectivity index (χ1n) is 17.2. The van der Waals surface area contributed by atoms with Crippen LogP contribution < -0.4 is 5.73 Å². The molecule has 2 aliphatic rings. The van der Waals surface area contributed by atoms with E-state index in [-0.39, 0.29) is 26.9 Å². The summed E-state index contributed by atoms with van der Waals surface area (Å²) in [5.74, 6) is 1.48. The number of aromatic amines is 1. The molecule has 7 rings (SSSR count). The third-order valence-corrected chi connectivity index (χ3v) is 10.1. The molecule has 5 aromatic heterocycles. The second-order valence-electron chi connectivity index (χ2n) is 13.0. The molecule has 0 saturated heterocycles. The molecule has 2 aliphatic carbocycles. The first kappa shape index (κ1) is 39.6. The minimum absolute atomic E-state index is 0. The van der Waals surface area contributed by atoms with Crippen LogP contribution in [0.15, 0.2) is 49.7 Å². The fraction of sp³-hybridized carbons (Fsp3) is 0.526. The number of methoxy groups -OCH3 is 2. The number of nitrogens with zero attached hydrogens (tertiary/aromatic N) is 10. The van der Waals surface area contributed by atoms with E-state index in [1.807, 2.05) is 40.2 Å². The van der Waals surface area contributed by atoms with E-state index in [0.29, 0.717) is 37.2 Å². The van der Waals surface area contributed by atoms with E-state index in [4.69, 9.17) is 28.4 Å². The second-order valence-corrected chi connectivity index (χ2v) is 13.0. The SMILES string of the molecule is C.C.[C-]#[N+]C[C@H](C1CCCC1)n1cc(-c2ncnc(N)c2CC(OC)OC)cn1.[C-]#[N+]C[C@H](C1CCCC1)n1cc(-c2ncnc3[nH]ccc23)cn1. The fourth-order valence-corrected chi connectivity index (χ4v) is 7.46. The van der Waals surface area contributed by atoms with Gasteiger partial charge in [0.1, 0.15) is 36.2 Å². The van der Waals surface area contributed by atoms with Gasteiger partial charge < -0.3 is 29.9 Å². The molecule has 0 amide bonds. The zero-order valence-corrected chi connectivity index (χ0v) is 28.6. The van der Waals surface area contributed by atoms with Gasteiger partial charge >= 0.3 is 0 Å². The summed E-state index contributed by atoms with van der Waals surface area (Å²) in [5.41, 5.74) is 11.1. The van der Waals surface area contributed by atoms with Crippen molar-refractivity contribution >= 4 is 16.9 Å². The van der Waals surface area contributed by atoms with Crippen molar-refractivity contribution in [2.75, 3.05) is 33.0 Å². The Hall–Kier alpha value is -5.18. The summed E-state index contributed by atoms with van der Waals surface area (Å²) in [4.78, 5) is 27.6. The van der Waals surface area contributed by atoms with Crippen LogP contribution in [0.1, 0.15) is 83.9 Å². The molecule has 0 aliphatic heterocycles. The van der Waals surface area contributed by atoms with Crippen LogP contribution >= 0.6 is 0 Å². The largest absolute Gasteiger partial charge is 0.383 e. The molecule has 276 valence electrons. The number of nitrogen functional groups attached to an aromatic ring is 1. The number of nitrogens with one attached hydrogen (secondary N) is 1. The molecule has 2 atom stereocenters. The van der Waals surface area contributed by atoms with Gasteiger partial charge in [-0.25, -0.2) is 33.1 Å². The van der Waals surface area contributed by atoms with E-state index in [2.05, 4.69) is 44.8 Å². The van der Waals surface area contributed by atoms with Gasteiger partial charge in [-0.2, -0.15) is 10.2 Å². The van der Waals surface area contributed by atoms with Crippen LogP contribution in [-0.4, -0.2) is 78.1 Å². The normalized spacial score (nSPS) is 15.6. The number of rotatable bonds is 12. The van der Waals surface area contributed by atoms with Crippen LogP contribution in [0.3, 0.4) is 0 Å². The van der Waals surface area contributed by atoms with E-state index in [1.54, 1.807) is 26.7 Å². The molecule has 2 fully saturated rings. The number of hydrogen-bond donors (Lipinski definition) is 2. The molecule has 0 aromatic carbocycles. The quantitative estimate of drug-likeness (QED) is 0.0991. The van der Waals surface area contributed by atoms with Crippen LogP contribution in [0.5, 0.6) is 0 Å². The summed E-state index contributed by atoms with van der Waals surface area (Å²) in [5, 5.41) is 10.1. The highest BCUT2D eigenvalue weighted by Crippen LogP contribution is 2.37. The van der Waals surface area contributed by atoms with Crippen LogP contribution in [0.4, 0.5) is 5.82 Å². The number of nitrogens with two attached hydrogens (primary N) is 1. The van der Waals surface area contributed by atoms with Crippen molar-refractivity contribution in [2.24, 2.45) is 11.8 Å². The first-order valence-corrected chi connectivity index (χ1v) is 17.2. The predicted octanol–water partition coefficient (Wildman–Crippen LogP) is 7.48. The van der Waals surface area contributed by atoms with Gasteiger partial charge in [0.2, 0.25) is 13.1 Å². The minimum Gasteiger partial charge on any atom is -0.383 e. The highest BCUT2D eigenvalue weighted by molar-refractivity contribution is 5.90. The highest BCUT2D eigenvalue weighted by atomic mass is 16.7. The van der Waals surface area contributed by atoms with E-state index in [0.717, 1.165) is 52.0 Å². The Labute approximate surface area is 306 Å². The predicted molar refractivity (Wildman–Crippen MR) is 203 cm³/mol. The lowest BCUT2D eigenvalue weighted by Crippen LogP contribution is -2.20. The van der Waals surface area contributed by atoms with Gasteiger partial charge in [-0.05, 0) is 43.6 Å². The number of fused-ring (bicyclic) bond motifs is 1. The first-order chi connectivity index (χ1) is 24.5.